The molecule has 2 unspecified atom stereocenters. The second-order valence-corrected chi connectivity index (χ2v) is 8.38. The third kappa shape index (κ3) is 2.57. The lowest BCUT2D eigenvalue weighted by Gasteiger charge is -2.37. The molecule has 0 aromatic heterocycles. The van der Waals surface area contributed by atoms with Crippen LogP contribution in [-0.4, -0.2) is 17.5 Å². The Kier molecular flexibility index (Phi) is 3.76. The first-order valence-electron chi connectivity index (χ1n) is 10.5. The predicted octanol–water partition coefficient (Wildman–Crippen LogP) is 5.91. The summed E-state index contributed by atoms with van der Waals surface area (Å²) in [6.45, 7) is 4.24. The molecule has 0 bridgehead atoms. The Morgan fingerprint density at radius 1 is 0.700 bits per heavy atom. The van der Waals surface area contributed by atoms with E-state index in [1.54, 1.807) is 0 Å². The summed E-state index contributed by atoms with van der Waals surface area (Å²) in [5, 5.41) is 0. The van der Waals surface area contributed by atoms with Gasteiger partial charge in [0.2, 0.25) is 0 Å². The summed E-state index contributed by atoms with van der Waals surface area (Å²) < 4.78 is 0. The molecular weight excluding hydrogens is 364 g/mol. The smallest absolute Gasteiger partial charge is 0.0815 e. The third-order valence-electron chi connectivity index (χ3n) is 6.33. The van der Waals surface area contributed by atoms with Crippen LogP contribution in [0.1, 0.15) is 44.9 Å². The number of rotatable bonds is 2. The van der Waals surface area contributed by atoms with Crippen molar-refractivity contribution in [3.63, 3.8) is 0 Å². The average Bonchev–Trinajstić information content (AvgIpc) is 2.78. The van der Waals surface area contributed by atoms with E-state index in [0.29, 0.717) is 0 Å². The zero-order valence-electron chi connectivity index (χ0n) is 17.1. The number of hydrogen-bond donors (Lipinski definition) is 0. The Labute approximate surface area is 177 Å². The Hall–Kier alpha value is -3.52. The van der Waals surface area contributed by atoms with Crippen molar-refractivity contribution in [3.05, 3.63) is 130 Å². The molecule has 1 aliphatic carbocycles. The molecular formula is C28H22N2. The summed E-state index contributed by atoms with van der Waals surface area (Å²) in [4.78, 5) is 10.3. The maximum atomic E-state index is 5.20. The van der Waals surface area contributed by atoms with Crippen molar-refractivity contribution in [2.75, 3.05) is 0 Å². The van der Waals surface area contributed by atoms with E-state index in [9.17, 15) is 0 Å². The van der Waals surface area contributed by atoms with Crippen LogP contribution in [0.25, 0.3) is 0 Å². The van der Waals surface area contributed by atoms with Crippen LogP contribution in [0.3, 0.4) is 0 Å². The van der Waals surface area contributed by atoms with E-state index in [1.165, 1.54) is 38.9 Å². The minimum absolute atomic E-state index is 0.0956. The van der Waals surface area contributed by atoms with Gasteiger partial charge in [0, 0.05) is 22.3 Å². The zero-order chi connectivity index (χ0) is 20.2. The lowest BCUT2D eigenvalue weighted by Crippen LogP contribution is -2.32. The van der Waals surface area contributed by atoms with Gasteiger partial charge in [-0.05, 0) is 25.5 Å². The summed E-state index contributed by atoms with van der Waals surface area (Å²) in [5.41, 5.74) is 12.0. The molecule has 2 nitrogen and oxygen atoms in total. The minimum Gasteiger partial charge on any atom is -0.276 e. The predicted molar refractivity (Wildman–Crippen MR) is 124 cm³/mol. The molecule has 2 heteroatoms. The molecule has 144 valence electrons. The fraction of sp³-hybridized carbons (Fsp3) is 0.143. The van der Waals surface area contributed by atoms with Gasteiger partial charge in [-0.25, -0.2) is 0 Å². The van der Waals surface area contributed by atoms with Crippen LogP contribution in [0.4, 0.5) is 0 Å². The van der Waals surface area contributed by atoms with Crippen molar-refractivity contribution in [2.24, 2.45) is 9.98 Å². The van der Waals surface area contributed by atoms with Crippen LogP contribution in [0.15, 0.2) is 101 Å². The number of aryl methyl sites for hydroxylation is 2. The SMILES string of the molecule is Cc1ccc(C2=NC3=CC=CC4N=C(c5ccc(C)cc5)c5cccc2c5C34)cc1. The monoisotopic (exact) mass is 386 g/mol. The molecule has 0 fully saturated rings. The van der Waals surface area contributed by atoms with E-state index >= 15 is 0 Å². The number of nitrogens with zero attached hydrogens (tertiary/aromatic N) is 2. The van der Waals surface area contributed by atoms with Gasteiger partial charge in [-0.15, -0.1) is 0 Å². The normalized spacial score (nSPS) is 20.8. The quantitative estimate of drug-likeness (QED) is 0.523. The summed E-state index contributed by atoms with van der Waals surface area (Å²) in [7, 11) is 0. The third-order valence-corrected chi connectivity index (χ3v) is 6.33. The highest BCUT2D eigenvalue weighted by Crippen LogP contribution is 2.45. The highest BCUT2D eigenvalue weighted by Gasteiger charge is 2.39. The van der Waals surface area contributed by atoms with Crippen molar-refractivity contribution in [1.82, 2.24) is 0 Å². The van der Waals surface area contributed by atoms with E-state index in [-0.39, 0.29) is 12.0 Å². The van der Waals surface area contributed by atoms with Gasteiger partial charge in [0.15, 0.2) is 0 Å². The first kappa shape index (κ1) is 17.3. The van der Waals surface area contributed by atoms with Crippen LogP contribution < -0.4 is 0 Å². The molecule has 6 rings (SSSR count). The maximum Gasteiger partial charge on any atom is 0.0815 e. The Morgan fingerprint density at radius 3 is 1.97 bits per heavy atom. The van der Waals surface area contributed by atoms with Gasteiger partial charge in [-0.3, -0.25) is 9.98 Å². The molecule has 0 N–H and O–H groups in total. The van der Waals surface area contributed by atoms with Gasteiger partial charge in [0.1, 0.15) is 0 Å². The van der Waals surface area contributed by atoms with E-state index < -0.39 is 0 Å². The van der Waals surface area contributed by atoms with Crippen LogP contribution in [0, 0.1) is 13.8 Å². The van der Waals surface area contributed by atoms with E-state index in [0.717, 1.165) is 17.1 Å². The molecule has 0 radical (unpaired) electrons. The number of aliphatic imine (C=N–C) groups is 2. The zero-order valence-corrected chi connectivity index (χ0v) is 17.1. The molecule has 2 atom stereocenters. The fourth-order valence-electron chi connectivity index (χ4n) is 4.79. The first-order valence-corrected chi connectivity index (χ1v) is 10.5. The highest BCUT2D eigenvalue weighted by molar-refractivity contribution is 6.20. The standard InChI is InChI=1S/C28H22N2/c1-17-9-13-19(14-10-17)27-21-5-3-6-22-25(21)26-23(29-27)7-4-8-24(26)30-28(22)20-15-11-18(2)12-16-20/h3-16,23,26H,1-2H3. The lowest BCUT2D eigenvalue weighted by atomic mass is 9.73. The number of benzene rings is 3. The molecule has 3 aliphatic rings. The second-order valence-electron chi connectivity index (χ2n) is 8.38. The van der Waals surface area contributed by atoms with Gasteiger partial charge >= 0.3 is 0 Å². The molecule has 0 saturated carbocycles. The maximum absolute atomic E-state index is 5.20. The minimum atomic E-state index is 0.0956. The fourth-order valence-corrected chi connectivity index (χ4v) is 4.79. The molecule has 0 amide bonds. The molecule has 2 heterocycles. The summed E-state index contributed by atoms with van der Waals surface area (Å²) in [6, 6.07) is 24.1. The highest BCUT2D eigenvalue weighted by atomic mass is 14.9. The Morgan fingerprint density at radius 2 is 1.30 bits per heavy atom. The Bertz CT molecular complexity index is 1290. The van der Waals surface area contributed by atoms with Gasteiger partial charge in [0.05, 0.1) is 29.1 Å². The van der Waals surface area contributed by atoms with Crippen molar-refractivity contribution >= 4 is 11.4 Å². The van der Waals surface area contributed by atoms with Crippen molar-refractivity contribution in [2.45, 2.75) is 25.8 Å². The van der Waals surface area contributed by atoms with Crippen LogP contribution in [-0.2, 0) is 0 Å². The van der Waals surface area contributed by atoms with Gasteiger partial charge in [0.25, 0.3) is 0 Å². The number of allylic oxidation sites excluding steroid dienone is 2. The van der Waals surface area contributed by atoms with E-state index in [2.05, 4.69) is 98.8 Å². The van der Waals surface area contributed by atoms with Crippen LogP contribution in [0.2, 0.25) is 0 Å². The second kappa shape index (κ2) is 6.50. The topological polar surface area (TPSA) is 24.7 Å². The van der Waals surface area contributed by atoms with Gasteiger partial charge < -0.3 is 0 Å². The van der Waals surface area contributed by atoms with Crippen molar-refractivity contribution in [1.29, 1.82) is 0 Å². The molecule has 2 aliphatic heterocycles. The van der Waals surface area contributed by atoms with Crippen molar-refractivity contribution < 1.29 is 0 Å². The first-order chi connectivity index (χ1) is 14.7. The van der Waals surface area contributed by atoms with Gasteiger partial charge in [-0.2, -0.15) is 0 Å². The molecule has 30 heavy (non-hydrogen) atoms. The van der Waals surface area contributed by atoms with Crippen LogP contribution >= 0.6 is 0 Å². The molecule has 0 saturated heterocycles. The van der Waals surface area contributed by atoms with E-state index in [1.807, 2.05) is 0 Å². The number of hydrogen-bond acceptors (Lipinski definition) is 2. The summed E-state index contributed by atoms with van der Waals surface area (Å²) in [5.74, 6) is 0.199. The molecule has 3 aromatic carbocycles. The summed E-state index contributed by atoms with van der Waals surface area (Å²) in [6.07, 6.45) is 6.48. The van der Waals surface area contributed by atoms with Crippen molar-refractivity contribution in [3.8, 4) is 0 Å². The Balaban J connectivity index is 1.60. The summed E-state index contributed by atoms with van der Waals surface area (Å²) >= 11 is 0. The van der Waals surface area contributed by atoms with E-state index in [4.69, 9.17) is 9.98 Å². The average molecular weight is 386 g/mol. The largest absolute Gasteiger partial charge is 0.276 e. The van der Waals surface area contributed by atoms with Gasteiger partial charge in [-0.1, -0.05) is 90.0 Å². The molecule has 3 aromatic rings. The molecule has 0 spiro atoms. The van der Waals surface area contributed by atoms with Crippen LogP contribution in [0.5, 0.6) is 0 Å². The lowest BCUT2D eigenvalue weighted by molar-refractivity contribution is 0.657.